The molecule has 0 fully saturated rings. The number of carbonyl (C=O) groups is 1. The Kier molecular flexibility index (Phi) is 8.78. The molecule has 0 amide bonds. The molecule has 0 saturated heterocycles. The van der Waals surface area contributed by atoms with Gasteiger partial charge in [0.05, 0.1) is 0 Å². The van der Waals surface area contributed by atoms with Crippen molar-refractivity contribution in [3.63, 3.8) is 0 Å². The zero-order chi connectivity index (χ0) is 19.6. The second kappa shape index (κ2) is 11.1. The van der Waals surface area contributed by atoms with Gasteiger partial charge in [-0.25, -0.2) is 0 Å². The van der Waals surface area contributed by atoms with Crippen LogP contribution in [0.5, 0.6) is 0 Å². The van der Waals surface area contributed by atoms with Crippen molar-refractivity contribution in [3.8, 4) is 0 Å². The fourth-order valence-electron chi connectivity index (χ4n) is 3.75. The van der Waals surface area contributed by atoms with Gasteiger partial charge in [-0.1, -0.05) is 87.8 Å². The smallest absolute Gasteiger partial charge is 0.129 e. The van der Waals surface area contributed by atoms with Gasteiger partial charge in [-0.15, -0.1) is 0 Å². The molecule has 146 valence electrons. The highest BCUT2D eigenvalue weighted by Gasteiger charge is 2.17. The van der Waals surface area contributed by atoms with Crippen LogP contribution in [0.1, 0.15) is 89.7 Å². The first-order valence-electron chi connectivity index (χ1n) is 10.7. The van der Waals surface area contributed by atoms with Crippen LogP contribution in [0, 0.1) is 5.92 Å². The number of hydrogen-bond acceptors (Lipinski definition) is 1. The van der Waals surface area contributed by atoms with Crippen LogP contribution in [0.2, 0.25) is 0 Å². The number of rotatable bonds is 11. The van der Waals surface area contributed by atoms with Gasteiger partial charge in [-0.05, 0) is 61.1 Å². The Morgan fingerprint density at radius 3 is 2.56 bits per heavy atom. The molecule has 0 saturated carbocycles. The summed E-state index contributed by atoms with van der Waals surface area (Å²) in [5.41, 5.74) is 5.69. The molecule has 1 nitrogen and oxygen atoms in total. The van der Waals surface area contributed by atoms with Crippen molar-refractivity contribution < 1.29 is 4.79 Å². The Labute approximate surface area is 166 Å². The van der Waals surface area contributed by atoms with E-state index in [0.717, 1.165) is 19.3 Å². The summed E-state index contributed by atoms with van der Waals surface area (Å²) in [4.78, 5) is 11.0. The van der Waals surface area contributed by atoms with Gasteiger partial charge in [0.15, 0.2) is 0 Å². The molecule has 1 unspecified atom stereocenters. The minimum atomic E-state index is 0.287. The SMILES string of the molecule is CCCCC(C)c1ccc(C2=C(C/C=C\CCCC(C)=O)[C@H](C)C=C2)cc1. The monoisotopic (exact) mass is 364 g/mol. The Balaban J connectivity index is 2.02. The third-order valence-corrected chi connectivity index (χ3v) is 5.63. The molecule has 0 heterocycles. The number of hydrogen-bond donors (Lipinski definition) is 0. The van der Waals surface area contributed by atoms with E-state index in [1.54, 1.807) is 6.92 Å². The summed E-state index contributed by atoms with van der Waals surface area (Å²) in [6.07, 6.45) is 16.6. The lowest BCUT2D eigenvalue weighted by Crippen LogP contribution is -1.96. The van der Waals surface area contributed by atoms with E-state index in [-0.39, 0.29) is 5.78 Å². The van der Waals surface area contributed by atoms with Crippen LogP contribution in [0.3, 0.4) is 0 Å². The number of allylic oxidation sites excluding steroid dienone is 6. The third kappa shape index (κ3) is 6.65. The lowest BCUT2D eigenvalue weighted by molar-refractivity contribution is -0.117. The van der Waals surface area contributed by atoms with E-state index in [9.17, 15) is 4.79 Å². The van der Waals surface area contributed by atoms with E-state index < -0.39 is 0 Å². The first kappa shape index (κ1) is 21.4. The summed E-state index contributed by atoms with van der Waals surface area (Å²) in [5, 5.41) is 0. The molecule has 27 heavy (non-hydrogen) atoms. The molecule has 1 heteroatoms. The molecule has 1 aliphatic carbocycles. The average Bonchev–Trinajstić information content (AvgIpc) is 3.03. The van der Waals surface area contributed by atoms with Crippen molar-refractivity contribution in [3.05, 3.63) is 65.3 Å². The molecule has 1 aromatic carbocycles. The highest BCUT2D eigenvalue weighted by atomic mass is 16.1. The molecule has 0 radical (unpaired) electrons. The van der Waals surface area contributed by atoms with Gasteiger partial charge in [0.1, 0.15) is 5.78 Å². The summed E-state index contributed by atoms with van der Waals surface area (Å²) >= 11 is 0. The maximum Gasteiger partial charge on any atom is 0.129 e. The van der Waals surface area contributed by atoms with Gasteiger partial charge in [0.25, 0.3) is 0 Å². The number of unbranched alkanes of at least 4 members (excludes halogenated alkanes) is 2. The summed E-state index contributed by atoms with van der Waals surface area (Å²) in [6, 6.07) is 9.22. The largest absolute Gasteiger partial charge is 0.300 e. The van der Waals surface area contributed by atoms with Crippen LogP contribution in [0.25, 0.3) is 5.57 Å². The lowest BCUT2D eigenvalue weighted by atomic mass is 9.91. The highest BCUT2D eigenvalue weighted by Crippen LogP contribution is 2.35. The number of ketones is 1. The molecule has 2 atom stereocenters. The second-order valence-electron chi connectivity index (χ2n) is 8.02. The first-order chi connectivity index (χ1) is 13.0. The fourth-order valence-corrected chi connectivity index (χ4v) is 3.75. The van der Waals surface area contributed by atoms with Gasteiger partial charge < -0.3 is 4.79 Å². The van der Waals surface area contributed by atoms with E-state index in [0.29, 0.717) is 18.3 Å². The van der Waals surface area contributed by atoms with Crippen LogP contribution in [-0.4, -0.2) is 5.78 Å². The third-order valence-electron chi connectivity index (χ3n) is 5.63. The van der Waals surface area contributed by atoms with Gasteiger partial charge in [0.2, 0.25) is 0 Å². The topological polar surface area (TPSA) is 17.1 Å². The maximum absolute atomic E-state index is 11.0. The van der Waals surface area contributed by atoms with E-state index in [1.807, 2.05) is 0 Å². The molecule has 0 bridgehead atoms. The van der Waals surface area contributed by atoms with Crippen molar-refractivity contribution in [2.45, 2.75) is 78.6 Å². The minimum absolute atomic E-state index is 0.287. The van der Waals surface area contributed by atoms with Gasteiger partial charge in [-0.3, -0.25) is 0 Å². The molecule has 0 N–H and O–H groups in total. The second-order valence-corrected chi connectivity index (χ2v) is 8.02. The molecule has 1 aromatic rings. The van der Waals surface area contributed by atoms with Crippen LogP contribution >= 0.6 is 0 Å². The van der Waals surface area contributed by atoms with E-state index in [2.05, 4.69) is 69.3 Å². The van der Waals surface area contributed by atoms with Crippen LogP contribution in [0.15, 0.2) is 54.1 Å². The van der Waals surface area contributed by atoms with Gasteiger partial charge in [0, 0.05) is 6.42 Å². The maximum atomic E-state index is 11.0. The first-order valence-corrected chi connectivity index (χ1v) is 10.7. The molecular weight excluding hydrogens is 328 g/mol. The van der Waals surface area contributed by atoms with E-state index >= 15 is 0 Å². The van der Waals surface area contributed by atoms with Crippen molar-refractivity contribution >= 4 is 11.4 Å². The van der Waals surface area contributed by atoms with Crippen molar-refractivity contribution in [2.24, 2.45) is 5.92 Å². The number of Topliss-reactive ketones (excluding diaryl/α,β-unsaturated/α-hetero) is 1. The molecule has 0 spiro atoms. The summed E-state index contributed by atoms with van der Waals surface area (Å²) in [6.45, 7) is 8.55. The van der Waals surface area contributed by atoms with Gasteiger partial charge in [-0.2, -0.15) is 0 Å². The standard InChI is InChI=1S/C26H36O/c1-5-6-11-20(2)23-15-17-24(18-16-23)26-19-14-21(3)25(26)13-10-8-7-9-12-22(4)27/h8,10,14-21H,5-7,9,11-13H2,1-4H3/b10-8-/t20?,21-/m1/s1. The number of benzene rings is 1. The van der Waals surface area contributed by atoms with Crippen molar-refractivity contribution in [2.75, 3.05) is 0 Å². The average molecular weight is 365 g/mol. The summed E-state index contributed by atoms with van der Waals surface area (Å²) in [5.74, 6) is 1.43. The minimum Gasteiger partial charge on any atom is -0.300 e. The fraction of sp³-hybridized carbons (Fsp3) is 0.500. The molecule has 2 rings (SSSR count). The van der Waals surface area contributed by atoms with Gasteiger partial charge >= 0.3 is 0 Å². The zero-order valence-electron chi connectivity index (χ0n) is 17.6. The predicted octanol–water partition coefficient (Wildman–Crippen LogP) is 7.65. The van der Waals surface area contributed by atoms with Crippen LogP contribution in [-0.2, 0) is 4.79 Å². The molecule has 0 aliphatic heterocycles. The van der Waals surface area contributed by atoms with Crippen LogP contribution < -0.4 is 0 Å². The Hall–Kier alpha value is -1.89. The predicted molar refractivity (Wildman–Crippen MR) is 118 cm³/mol. The molecular formula is C26H36O. The normalized spacial score (nSPS) is 17.9. The Morgan fingerprint density at radius 2 is 1.89 bits per heavy atom. The van der Waals surface area contributed by atoms with E-state index in [1.165, 1.54) is 41.5 Å². The molecule has 0 aromatic heterocycles. The highest BCUT2D eigenvalue weighted by molar-refractivity contribution is 5.80. The zero-order valence-corrected chi connectivity index (χ0v) is 17.6. The molecule has 1 aliphatic rings. The van der Waals surface area contributed by atoms with Crippen molar-refractivity contribution in [1.82, 2.24) is 0 Å². The van der Waals surface area contributed by atoms with E-state index in [4.69, 9.17) is 0 Å². The quantitative estimate of drug-likeness (QED) is 0.291. The lowest BCUT2D eigenvalue weighted by Gasteiger charge is -2.14. The summed E-state index contributed by atoms with van der Waals surface area (Å²) in [7, 11) is 0. The Morgan fingerprint density at radius 1 is 1.15 bits per heavy atom. The number of carbonyl (C=O) groups excluding carboxylic acids is 1. The summed E-state index contributed by atoms with van der Waals surface area (Å²) < 4.78 is 0. The van der Waals surface area contributed by atoms with Crippen molar-refractivity contribution in [1.29, 1.82) is 0 Å². The Bertz CT molecular complexity index is 687. The van der Waals surface area contributed by atoms with Crippen LogP contribution in [0.4, 0.5) is 0 Å².